The van der Waals surface area contributed by atoms with E-state index in [1.807, 2.05) is 12.3 Å². The molecule has 0 saturated heterocycles. The molecule has 7 aromatic rings. The second-order valence-corrected chi connectivity index (χ2v) is 16.9. The molecule has 0 aliphatic carbocycles. The van der Waals surface area contributed by atoms with Crippen molar-refractivity contribution >= 4 is 52.1 Å². The Hall–Kier alpha value is -5.06. The van der Waals surface area contributed by atoms with Crippen molar-refractivity contribution in [3.05, 3.63) is 146 Å². The smallest absolute Gasteiger partial charge is 0.137 e. The summed E-state index contributed by atoms with van der Waals surface area (Å²) >= 11 is 0. The largest absolute Gasteiger partial charge is 0.295 e. The van der Waals surface area contributed by atoms with Crippen LogP contribution < -0.4 is 10.2 Å². The number of para-hydroxylation sites is 1. The average molecular weight is 572 g/mol. The second-order valence-electron chi connectivity index (χ2n) is 11.9. The fraction of sp³-hybridized carbons (Fsp3) is 0.0769. The van der Waals surface area contributed by atoms with Crippen LogP contribution in [0.5, 0.6) is 0 Å². The zero-order valence-corrected chi connectivity index (χ0v) is 25.7. The van der Waals surface area contributed by atoms with Gasteiger partial charge >= 0.3 is 0 Å². The van der Waals surface area contributed by atoms with Gasteiger partial charge in [-0.1, -0.05) is 111 Å². The summed E-state index contributed by atoms with van der Waals surface area (Å²) in [6.45, 7) is 7.03. The minimum atomic E-state index is -1.59. The van der Waals surface area contributed by atoms with E-state index in [9.17, 15) is 0 Å². The molecule has 0 aliphatic rings. The number of rotatable bonds is 6. The normalized spacial score (nSPS) is 11.6. The third-order valence-corrected chi connectivity index (χ3v) is 9.83. The molecule has 0 unspecified atom stereocenters. The third-order valence-electron chi connectivity index (χ3n) is 8.01. The van der Waals surface area contributed by atoms with E-state index in [0.29, 0.717) is 0 Å². The Morgan fingerprint density at radius 2 is 1.05 bits per heavy atom. The van der Waals surface area contributed by atoms with Crippen molar-refractivity contribution < 1.29 is 0 Å². The monoisotopic (exact) mass is 571 g/mol. The van der Waals surface area contributed by atoms with E-state index in [4.69, 9.17) is 9.97 Å². The van der Waals surface area contributed by atoms with Gasteiger partial charge in [-0.05, 0) is 81.2 Å². The number of pyridine rings is 2. The van der Waals surface area contributed by atoms with Gasteiger partial charge in [0.05, 0.1) is 5.69 Å². The molecule has 0 atom stereocenters. The number of aromatic nitrogens is 2. The second kappa shape index (κ2) is 11.0. The number of hydrogen-bond acceptors (Lipinski definition) is 3. The quantitative estimate of drug-likeness (QED) is 0.147. The van der Waals surface area contributed by atoms with Crippen LogP contribution in [-0.4, -0.2) is 18.0 Å². The molecule has 0 bridgehead atoms. The van der Waals surface area contributed by atoms with Crippen LogP contribution in [0, 0.1) is 0 Å². The molecule has 2 heterocycles. The van der Waals surface area contributed by atoms with Crippen molar-refractivity contribution in [3.63, 3.8) is 0 Å². The standard InChI is InChI=1S/C39H33N3Si/c1-43(2,3)37-22-13-21-36(41-37)42(29-14-5-4-6-15-29)30-25-23-28(24-26-30)38-31-16-7-9-18-33(31)39(35-20-11-12-27-40-35)34-19-10-8-17-32(34)38/h4-27H,1-3H3. The van der Waals surface area contributed by atoms with E-state index >= 15 is 0 Å². The van der Waals surface area contributed by atoms with E-state index in [2.05, 4.69) is 158 Å². The SMILES string of the molecule is C[Si](C)(C)c1cccc(N(c2ccccc2)c2ccc(-c3c4ccccc4c(-c4ccccn4)c4ccccc34)cc2)n1. The molecular weight excluding hydrogens is 539 g/mol. The molecule has 43 heavy (non-hydrogen) atoms. The van der Waals surface area contributed by atoms with Gasteiger partial charge in [0.1, 0.15) is 13.9 Å². The molecule has 0 N–H and O–H groups in total. The predicted octanol–water partition coefficient (Wildman–Crippen LogP) is 10.1. The topological polar surface area (TPSA) is 29.0 Å². The molecule has 0 aliphatic heterocycles. The molecule has 7 rings (SSSR count). The number of hydrogen-bond donors (Lipinski definition) is 0. The van der Waals surface area contributed by atoms with Gasteiger partial charge in [-0.15, -0.1) is 0 Å². The van der Waals surface area contributed by atoms with Crippen molar-refractivity contribution in [1.82, 2.24) is 9.97 Å². The van der Waals surface area contributed by atoms with Crippen LogP contribution in [0.15, 0.2) is 146 Å². The van der Waals surface area contributed by atoms with E-state index in [1.165, 1.54) is 43.6 Å². The summed E-state index contributed by atoms with van der Waals surface area (Å²) < 4.78 is 0. The van der Waals surface area contributed by atoms with Crippen molar-refractivity contribution in [3.8, 4) is 22.4 Å². The molecule has 0 radical (unpaired) electrons. The molecular formula is C39H33N3Si. The first-order chi connectivity index (χ1) is 21.0. The molecule has 0 spiro atoms. The van der Waals surface area contributed by atoms with Crippen LogP contribution in [0.25, 0.3) is 43.9 Å². The summed E-state index contributed by atoms with van der Waals surface area (Å²) in [4.78, 5) is 12.2. The highest BCUT2D eigenvalue weighted by molar-refractivity contribution is 6.88. The Kier molecular flexibility index (Phi) is 6.84. The summed E-state index contributed by atoms with van der Waals surface area (Å²) in [5.74, 6) is 0.939. The van der Waals surface area contributed by atoms with E-state index in [0.717, 1.165) is 22.9 Å². The molecule has 0 fully saturated rings. The molecule has 4 heteroatoms. The van der Waals surface area contributed by atoms with Gasteiger partial charge in [-0.25, -0.2) is 4.98 Å². The van der Waals surface area contributed by atoms with Crippen LogP contribution in [0.3, 0.4) is 0 Å². The Bertz CT molecular complexity index is 1990. The van der Waals surface area contributed by atoms with Crippen LogP contribution in [-0.2, 0) is 0 Å². The summed E-state index contributed by atoms with van der Waals surface area (Å²) in [6, 6.07) is 49.4. The van der Waals surface area contributed by atoms with Gasteiger partial charge < -0.3 is 0 Å². The van der Waals surface area contributed by atoms with Crippen molar-refractivity contribution in [2.75, 3.05) is 4.90 Å². The Balaban J connectivity index is 1.41. The van der Waals surface area contributed by atoms with Gasteiger partial charge in [0.25, 0.3) is 0 Å². The van der Waals surface area contributed by atoms with Crippen LogP contribution in [0.2, 0.25) is 19.6 Å². The molecule has 208 valence electrons. The maximum atomic E-state index is 5.18. The predicted molar refractivity (Wildman–Crippen MR) is 186 cm³/mol. The molecule has 5 aromatic carbocycles. The molecule has 0 saturated carbocycles. The van der Waals surface area contributed by atoms with Crippen LogP contribution in [0.1, 0.15) is 0 Å². The highest BCUT2D eigenvalue weighted by atomic mass is 28.3. The average Bonchev–Trinajstić information content (AvgIpc) is 3.05. The number of benzene rings is 5. The summed E-state index contributed by atoms with van der Waals surface area (Å²) in [7, 11) is -1.59. The van der Waals surface area contributed by atoms with Gasteiger partial charge in [-0.2, -0.15) is 0 Å². The molecule has 3 nitrogen and oxygen atoms in total. The van der Waals surface area contributed by atoms with Gasteiger partial charge in [0.2, 0.25) is 0 Å². The number of anilines is 3. The van der Waals surface area contributed by atoms with Crippen molar-refractivity contribution in [2.45, 2.75) is 19.6 Å². The minimum Gasteiger partial charge on any atom is -0.295 e. The van der Waals surface area contributed by atoms with Crippen molar-refractivity contribution in [2.24, 2.45) is 0 Å². The Morgan fingerprint density at radius 1 is 0.488 bits per heavy atom. The summed E-state index contributed by atoms with van der Waals surface area (Å²) in [5.41, 5.74) is 6.75. The Labute approximate surface area is 254 Å². The number of nitrogens with zero attached hydrogens (tertiary/aromatic N) is 3. The lowest BCUT2D eigenvalue weighted by Crippen LogP contribution is -2.40. The van der Waals surface area contributed by atoms with Gasteiger partial charge in [0, 0.05) is 28.5 Å². The highest BCUT2D eigenvalue weighted by Crippen LogP contribution is 2.43. The zero-order valence-electron chi connectivity index (χ0n) is 24.7. The van der Waals surface area contributed by atoms with E-state index in [-0.39, 0.29) is 0 Å². The summed E-state index contributed by atoms with van der Waals surface area (Å²) in [6.07, 6.45) is 1.87. The fourth-order valence-electron chi connectivity index (χ4n) is 5.96. The lowest BCUT2D eigenvalue weighted by Gasteiger charge is -2.26. The lowest BCUT2D eigenvalue weighted by molar-refractivity contribution is 1.19. The first kappa shape index (κ1) is 26.8. The maximum Gasteiger partial charge on any atom is 0.137 e. The first-order valence-corrected chi connectivity index (χ1v) is 18.3. The summed E-state index contributed by atoms with van der Waals surface area (Å²) in [5, 5.41) is 6.06. The van der Waals surface area contributed by atoms with E-state index < -0.39 is 8.07 Å². The van der Waals surface area contributed by atoms with Crippen LogP contribution in [0.4, 0.5) is 17.2 Å². The highest BCUT2D eigenvalue weighted by Gasteiger charge is 2.22. The zero-order chi connectivity index (χ0) is 29.4. The fourth-order valence-corrected chi connectivity index (χ4v) is 7.01. The third kappa shape index (κ3) is 5.00. The lowest BCUT2D eigenvalue weighted by atomic mass is 9.87. The minimum absolute atomic E-state index is 0.939. The Morgan fingerprint density at radius 3 is 1.63 bits per heavy atom. The molecule has 2 aromatic heterocycles. The number of fused-ring (bicyclic) bond motifs is 2. The van der Waals surface area contributed by atoms with Crippen LogP contribution >= 0.6 is 0 Å². The van der Waals surface area contributed by atoms with Gasteiger partial charge in [-0.3, -0.25) is 9.88 Å². The molecule has 0 amide bonds. The maximum absolute atomic E-state index is 5.18. The van der Waals surface area contributed by atoms with Gasteiger partial charge in [0.15, 0.2) is 0 Å². The first-order valence-electron chi connectivity index (χ1n) is 14.8. The van der Waals surface area contributed by atoms with Crippen molar-refractivity contribution in [1.29, 1.82) is 0 Å². The van der Waals surface area contributed by atoms with E-state index in [1.54, 1.807) is 0 Å².